The van der Waals surface area contributed by atoms with Gasteiger partial charge in [-0.3, -0.25) is 0 Å². The van der Waals surface area contributed by atoms with E-state index in [-0.39, 0.29) is 6.10 Å². The van der Waals surface area contributed by atoms with Gasteiger partial charge in [0, 0.05) is 32.7 Å². The lowest BCUT2D eigenvalue weighted by atomic mass is 9.87. The lowest BCUT2D eigenvalue weighted by Crippen LogP contribution is -2.41. The van der Waals surface area contributed by atoms with Gasteiger partial charge in [-0.2, -0.15) is 0 Å². The number of anilines is 1. The zero-order chi connectivity index (χ0) is 26.6. The van der Waals surface area contributed by atoms with Gasteiger partial charge < -0.3 is 29.2 Å². The lowest BCUT2D eigenvalue weighted by Gasteiger charge is -2.33. The molecule has 0 aliphatic carbocycles. The van der Waals surface area contributed by atoms with Gasteiger partial charge in [0.2, 0.25) is 0 Å². The average molecular weight is 525 g/mol. The first-order valence-electron chi connectivity index (χ1n) is 14.7. The minimum atomic E-state index is 0.148. The van der Waals surface area contributed by atoms with Crippen LogP contribution in [-0.4, -0.2) is 58.7 Å². The standard InChI is InChI=1S/C32H48N2O4/c1-4-7-28(8-5-2)37-23-25-9-12-27(13-10-25)29-15-16-33-22-32(29)38-24-26-11-14-31-30(21-26)34(18-20-36-31)17-6-19-35-3/h9-14,21,28-29,32-33H,4-8,15-20,22-24H2,1-3H3/t29-,32+/m1/s1. The summed E-state index contributed by atoms with van der Waals surface area (Å²) in [6.45, 7) is 11.1. The highest BCUT2D eigenvalue weighted by Crippen LogP contribution is 2.34. The minimum Gasteiger partial charge on any atom is -0.490 e. The van der Waals surface area contributed by atoms with E-state index in [1.54, 1.807) is 7.11 Å². The highest BCUT2D eigenvalue weighted by atomic mass is 16.5. The largest absolute Gasteiger partial charge is 0.490 e. The van der Waals surface area contributed by atoms with Crippen LogP contribution in [0.25, 0.3) is 0 Å². The Labute approximate surface area is 230 Å². The molecule has 2 aliphatic rings. The van der Waals surface area contributed by atoms with Crippen molar-refractivity contribution < 1.29 is 18.9 Å². The van der Waals surface area contributed by atoms with Gasteiger partial charge in [0.05, 0.1) is 37.7 Å². The number of benzene rings is 2. The van der Waals surface area contributed by atoms with Crippen molar-refractivity contribution in [3.63, 3.8) is 0 Å². The fraction of sp³-hybridized carbons (Fsp3) is 0.625. The molecule has 2 atom stereocenters. The number of hydrogen-bond donors (Lipinski definition) is 1. The Morgan fingerprint density at radius 2 is 1.82 bits per heavy atom. The third kappa shape index (κ3) is 8.19. The van der Waals surface area contributed by atoms with Gasteiger partial charge in [0.15, 0.2) is 0 Å². The molecule has 0 bridgehead atoms. The Hall–Kier alpha value is -2.12. The molecule has 38 heavy (non-hydrogen) atoms. The highest BCUT2D eigenvalue weighted by Gasteiger charge is 2.27. The molecule has 1 fully saturated rings. The van der Waals surface area contributed by atoms with E-state index in [0.717, 1.165) is 70.8 Å². The van der Waals surface area contributed by atoms with E-state index >= 15 is 0 Å². The van der Waals surface area contributed by atoms with E-state index in [4.69, 9.17) is 18.9 Å². The molecule has 210 valence electrons. The maximum Gasteiger partial charge on any atom is 0.142 e. The van der Waals surface area contributed by atoms with Crippen molar-refractivity contribution in [3.05, 3.63) is 59.2 Å². The average Bonchev–Trinajstić information content (AvgIpc) is 2.96. The van der Waals surface area contributed by atoms with Gasteiger partial charge in [0.25, 0.3) is 0 Å². The molecule has 2 heterocycles. The van der Waals surface area contributed by atoms with E-state index in [0.29, 0.717) is 25.2 Å². The van der Waals surface area contributed by atoms with Crippen LogP contribution in [0.5, 0.6) is 5.75 Å². The molecule has 0 unspecified atom stereocenters. The molecule has 0 aromatic heterocycles. The summed E-state index contributed by atoms with van der Waals surface area (Å²) in [6.07, 6.45) is 7.25. The van der Waals surface area contributed by atoms with Crippen molar-refractivity contribution in [2.24, 2.45) is 0 Å². The fourth-order valence-corrected chi connectivity index (χ4v) is 5.66. The second-order valence-electron chi connectivity index (χ2n) is 10.7. The van der Waals surface area contributed by atoms with Crippen LogP contribution in [0.4, 0.5) is 5.69 Å². The first kappa shape index (κ1) is 28.9. The van der Waals surface area contributed by atoms with Gasteiger partial charge in [0.1, 0.15) is 12.4 Å². The van der Waals surface area contributed by atoms with Crippen LogP contribution in [0.3, 0.4) is 0 Å². The SMILES string of the molecule is CCCC(CCC)OCc1ccc([C@H]2CCNC[C@@H]2OCc2ccc3c(c2)N(CCCOC)CCO3)cc1. The summed E-state index contributed by atoms with van der Waals surface area (Å²) in [5.74, 6) is 1.36. The van der Waals surface area contributed by atoms with Crippen LogP contribution in [0, 0.1) is 0 Å². The zero-order valence-electron chi connectivity index (χ0n) is 23.8. The van der Waals surface area contributed by atoms with Gasteiger partial charge in [-0.1, -0.05) is 57.0 Å². The number of piperidine rings is 1. The molecule has 2 aliphatic heterocycles. The molecule has 2 aromatic carbocycles. The van der Waals surface area contributed by atoms with E-state index in [9.17, 15) is 0 Å². The Morgan fingerprint density at radius 3 is 2.58 bits per heavy atom. The summed E-state index contributed by atoms with van der Waals surface area (Å²) in [6, 6.07) is 15.5. The number of hydrogen-bond acceptors (Lipinski definition) is 6. The minimum absolute atomic E-state index is 0.148. The van der Waals surface area contributed by atoms with Crippen LogP contribution in [0.15, 0.2) is 42.5 Å². The lowest BCUT2D eigenvalue weighted by molar-refractivity contribution is 0.0105. The van der Waals surface area contributed by atoms with E-state index in [2.05, 4.69) is 66.5 Å². The molecule has 1 N–H and O–H groups in total. The number of ether oxygens (including phenoxy) is 4. The van der Waals surface area contributed by atoms with Gasteiger partial charge in [-0.25, -0.2) is 0 Å². The quantitative estimate of drug-likeness (QED) is 0.286. The molecule has 6 heteroatoms. The molecule has 1 saturated heterocycles. The van der Waals surface area contributed by atoms with Crippen LogP contribution in [0.2, 0.25) is 0 Å². The van der Waals surface area contributed by atoms with Crippen LogP contribution in [0.1, 0.15) is 75.0 Å². The summed E-state index contributed by atoms with van der Waals surface area (Å²) >= 11 is 0. The maximum atomic E-state index is 6.56. The van der Waals surface area contributed by atoms with Crippen LogP contribution in [-0.2, 0) is 27.4 Å². The number of nitrogens with one attached hydrogen (secondary N) is 1. The Morgan fingerprint density at radius 1 is 1.03 bits per heavy atom. The molecule has 0 saturated carbocycles. The normalized spacial score (nSPS) is 19.4. The molecule has 0 spiro atoms. The molecule has 0 amide bonds. The van der Waals surface area contributed by atoms with Crippen molar-refractivity contribution in [2.75, 3.05) is 51.4 Å². The number of fused-ring (bicyclic) bond motifs is 1. The first-order valence-corrected chi connectivity index (χ1v) is 14.7. The van der Waals surface area contributed by atoms with E-state index in [1.807, 2.05) is 0 Å². The summed E-state index contributed by atoms with van der Waals surface area (Å²) in [7, 11) is 1.76. The summed E-state index contributed by atoms with van der Waals surface area (Å²) in [5.41, 5.74) is 4.98. The molecule has 0 radical (unpaired) electrons. The molecule has 2 aromatic rings. The maximum absolute atomic E-state index is 6.56. The summed E-state index contributed by atoms with van der Waals surface area (Å²) in [4.78, 5) is 2.41. The van der Waals surface area contributed by atoms with Gasteiger partial charge >= 0.3 is 0 Å². The number of methoxy groups -OCH3 is 1. The number of rotatable bonds is 15. The van der Waals surface area contributed by atoms with Gasteiger partial charge in [-0.15, -0.1) is 0 Å². The second-order valence-corrected chi connectivity index (χ2v) is 10.7. The molecule has 6 nitrogen and oxygen atoms in total. The predicted octanol–water partition coefficient (Wildman–Crippen LogP) is 6.07. The van der Waals surface area contributed by atoms with E-state index < -0.39 is 0 Å². The van der Waals surface area contributed by atoms with Crippen LogP contribution >= 0.6 is 0 Å². The summed E-state index contributed by atoms with van der Waals surface area (Å²) in [5, 5.41) is 3.54. The monoisotopic (exact) mass is 524 g/mol. The Kier molecular flexibility index (Phi) is 11.8. The summed E-state index contributed by atoms with van der Waals surface area (Å²) < 4.78 is 23.9. The Bertz CT molecular complexity index is 945. The topological polar surface area (TPSA) is 52.2 Å². The molecule has 4 rings (SSSR count). The van der Waals surface area contributed by atoms with Gasteiger partial charge in [-0.05, 0) is 61.1 Å². The highest BCUT2D eigenvalue weighted by molar-refractivity contribution is 5.61. The van der Waals surface area contributed by atoms with E-state index in [1.165, 1.54) is 35.2 Å². The third-order valence-corrected chi connectivity index (χ3v) is 7.76. The first-order chi connectivity index (χ1) is 18.7. The van der Waals surface area contributed by atoms with Crippen molar-refractivity contribution in [2.45, 2.75) is 83.7 Å². The second kappa shape index (κ2) is 15.5. The fourth-order valence-electron chi connectivity index (χ4n) is 5.66. The van der Waals surface area contributed by atoms with Crippen molar-refractivity contribution in [1.82, 2.24) is 5.32 Å². The molecular weight excluding hydrogens is 476 g/mol. The van der Waals surface area contributed by atoms with Crippen molar-refractivity contribution in [1.29, 1.82) is 0 Å². The predicted molar refractivity (Wildman–Crippen MR) is 154 cm³/mol. The van der Waals surface area contributed by atoms with Crippen molar-refractivity contribution >= 4 is 5.69 Å². The smallest absolute Gasteiger partial charge is 0.142 e. The molecular formula is C32H48N2O4. The third-order valence-electron chi connectivity index (χ3n) is 7.76. The zero-order valence-corrected chi connectivity index (χ0v) is 23.8. The number of nitrogens with zero attached hydrogens (tertiary/aromatic N) is 1. The van der Waals surface area contributed by atoms with Crippen LogP contribution < -0.4 is 15.0 Å². The Balaban J connectivity index is 1.35. The van der Waals surface area contributed by atoms with Crippen molar-refractivity contribution in [3.8, 4) is 5.75 Å².